The fourth-order valence-corrected chi connectivity index (χ4v) is 3.71. The highest BCUT2D eigenvalue weighted by atomic mass is 32.1. The molecule has 0 aliphatic heterocycles. The second-order valence-corrected chi connectivity index (χ2v) is 6.35. The first-order chi connectivity index (χ1) is 10.2. The third-order valence-electron chi connectivity index (χ3n) is 3.60. The van der Waals surface area contributed by atoms with Gasteiger partial charge in [0.15, 0.2) is 0 Å². The number of benzene rings is 2. The van der Waals surface area contributed by atoms with Crippen LogP contribution < -0.4 is 5.32 Å². The zero-order valence-electron chi connectivity index (χ0n) is 12.2. The lowest BCUT2D eigenvalue weighted by Crippen LogP contribution is -2.20. The van der Waals surface area contributed by atoms with Gasteiger partial charge in [0.05, 0.1) is 6.04 Å². The summed E-state index contributed by atoms with van der Waals surface area (Å²) in [6.07, 6.45) is 0. The van der Waals surface area contributed by atoms with Gasteiger partial charge in [0.1, 0.15) is 5.82 Å². The quantitative estimate of drug-likeness (QED) is 0.711. The molecule has 1 heterocycles. The van der Waals surface area contributed by atoms with Gasteiger partial charge in [-0.15, -0.1) is 11.3 Å². The Morgan fingerprint density at radius 3 is 2.57 bits per heavy atom. The number of hydrogen-bond donors (Lipinski definition) is 1. The Labute approximate surface area is 128 Å². The van der Waals surface area contributed by atoms with Crippen LogP contribution in [0.4, 0.5) is 4.39 Å². The first kappa shape index (κ1) is 14.2. The predicted octanol–water partition coefficient (Wildman–Crippen LogP) is 5.05. The molecule has 1 unspecified atom stereocenters. The molecule has 0 bridgehead atoms. The predicted molar refractivity (Wildman–Crippen MR) is 88.5 cm³/mol. The Bertz CT molecular complexity index is 746. The van der Waals surface area contributed by atoms with Crippen LogP contribution in [0.5, 0.6) is 0 Å². The number of aryl methyl sites for hydroxylation is 1. The average Bonchev–Trinajstić information content (AvgIpc) is 2.88. The highest BCUT2D eigenvalue weighted by molar-refractivity contribution is 7.19. The fourth-order valence-electron chi connectivity index (χ4n) is 2.51. The molecule has 3 rings (SSSR count). The van der Waals surface area contributed by atoms with E-state index in [9.17, 15) is 4.39 Å². The molecule has 0 aliphatic rings. The smallest absolute Gasteiger partial charge is 0.124 e. The topological polar surface area (TPSA) is 12.0 Å². The van der Waals surface area contributed by atoms with Crippen LogP contribution in [0.1, 0.15) is 29.0 Å². The van der Waals surface area contributed by atoms with Crippen molar-refractivity contribution in [2.75, 3.05) is 6.54 Å². The molecule has 0 saturated heterocycles. The molecule has 21 heavy (non-hydrogen) atoms. The SMILES string of the molecule is CCNC(c1ccc(C)cc1)c1cc2ccc(F)cc2s1. The summed E-state index contributed by atoms with van der Waals surface area (Å²) in [5.74, 6) is -0.175. The third-order valence-corrected chi connectivity index (χ3v) is 4.77. The largest absolute Gasteiger partial charge is 0.306 e. The molecule has 0 radical (unpaired) electrons. The van der Waals surface area contributed by atoms with E-state index < -0.39 is 0 Å². The minimum absolute atomic E-state index is 0.163. The van der Waals surface area contributed by atoms with E-state index in [1.807, 2.05) is 6.07 Å². The molecule has 3 aromatic rings. The first-order valence-electron chi connectivity index (χ1n) is 7.16. The maximum absolute atomic E-state index is 13.4. The molecule has 2 aromatic carbocycles. The zero-order valence-corrected chi connectivity index (χ0v) is 13.0. The van der Waals surface area contributed by atoms with E-state index in [0.717, 1.165) is 16.6 Å². The van der Waals surface area contributed by atoms with E-state index in [1.165, 1.54) is 22.1 Å². The Morgan fingerprint density at radius 2 is 1.86 bits per heavy atom. The minimum atomic E-state index is -0.175. The molecule has 0 fully saturated rings. The van der Waals surface area contributed by atoms with E-state index >= 15 is 0 Å². The highest BCUT2D eigenvalue weighted by Crippen LogP contribution is 2.33. The van der Waals surface area contributed by atoms with Crippen molar-refractivity contribution in [2.24, 2.45) is 0 Å². The van der Waals surface area contributed by atoms with Gasteiger partial charge >= 0.3 is 0 Å². The van der Waals surface area contributed by atoms with E-state index in [-0.39, 0.29) is 11.9 Å². The summed E-state index contributed by atoms with van der Waals surface area (Å²) in [5.41, 5.74) is 2.50. The lowest BCUT2D eigenvalue weighted by molar-refractivity contribution is 0.630. The Kier molecular flexibility index (Phi) is 4.04. The summed E-state index contributed by atoms with van der Waals surface area (Å²) in [6.45, 7) is 5.09. The molecule has 1 N–H and O–H groups in total. The van der Waals surface area contributed by atoms with Crippen LogP contribution in [0.25, 0.3) is 10.1 Å². The summed E-state index contributed by atoms with van der Waals surface area (Å²) >= 11 is 1.66. The van der Waals surface area contributed by atoms with E-state index in [4.69, 9.17) is 0 Å². The molecule has 1 aromatic heterocycles. The van der Waals surface area contributed by atoms with Gasteiger partial charge in [0.2, 0.25) is 0 Å². The van der Waals surface area contributed by atoms with Crippen molar-refractivity contribution in [3.05, 3.63) is 70.4 Å². The number of rotatable bonds is 4. The van der Waals surface area contributed by atoms with Crippen molar-refractivity contribution in [1.82, 2.24) is 5.32 Å². The van der Waals surface area contributed by atoms with Gasteiger partial charge in [-0.1, -0.05) is 42.8 Å². The minimum Gasteiger partial charge on any atom is -0.306 e. The van der Waals surface area contributed by atoms with Crippen molar-refractivity contribution in [1.29, 1.82) is 0 Å². The van der Waals surface area contributed by atoms with Crippen LogP contribution in [0, 0.1) is 12.7 Å². The summed E-state index contributed by atoms with van der Waals surface area (Å²) in [5, 5.41) is 4.63. The number of halogens is 1. The van der Waals surface area contributed by atoms with Crippen molar-refractivity contribution in [2.45, 2.75) is 19.9 Å². The third kappa shape index (κ3) is 2.99. The van der Waals surface area contributed by atoms with Crippen molar-refractivity contribution in [3.8, 4) is 0 Å². The highest BCUT2D eigenvalue weighted by Gasteiger charge is 2.16. The molecule has 0 aliphatic carbocycles. The van der Waals surface area contributed by atoms with Crippen LogP contribution in [0.2, 0.25) is 0 Å². The molecular formula is C18H18FNS. The molecule has 1 nitrogen and oxygen atoms in total. The van der Waals surface area contributed by atoms with Crippen molar-refractivity contribution >= 4 is 21.4 Å². The van der Waals surface area contributed by atoms with Gasteiger partial charge in [-0.05, 0) is 42.6 Å². The van der Waals surface area contributed by atoms with Gasteiger partial charge in [-0.3, -0.25) is 0 Å². The van der Waals surface area contributed by atoms with E-state index in [1.54, 1.807) is 17.4 Å². The summed E-state index contributed by atoms with van der Waals surface area (Å²) in [7, 11) is 0. The van der Waals surface area contributed by atoms with Crippen LogP contribution in [-0.2, 0) is 0 Å². The van der Waals surface area contributed by atoms with Gasteiger partial charge < -0.3 is 5.32 Å². The second kappa shape index (κ2) is 5.96. The fraction of sp³-hybridized carbons (Fsp3) is 0.222. The Morgan fingerprint density at radius 1 is 1.10 bits per heavy atom. The first-order valence-corrected chi connectivity index (χ1v) is 7.98. The molecule has 1 atom stereocenters. The molecule has 0 saturated carbocycles. The molecule has 108 valence electrons. The van der Waals surface area contributed by atoms with Crippen LogP contribution >= 0.6 is 11.3 Å². The molecule has 0 spiro atoms. The van der Waals surface area contributed by atoms with E-state index in [2.05, 4.69) is 49.5 Å². The summed E-state index contributed by atoms with van der Waals surface area (Å²) in [4.78, 5) is 1.22. The zero-order chi connectivity index (χ0) is 14.8. The maximum atomic E-state index is 13.4. The average molecular weight is 299 g/mol. The van der Waals surface area contributed by atoms with Crippen LogP contribution in [0.3, 0.4) is 0 Å². The summed E-state index contributed by atoms with van der Waals surface area (Å²) < 4.78 is 14.4. The summed E-state index contributed by atoms with van der Waals surface area (Å²) in [6, 6.07) is 15.9. The Hall–Kier alpha value is -1.71. The lowest BCUT2D eigenvalue weighted by Gasteiger charge is -2.17. The van der Waals surface area contributed by atoms with Crippen molar-refractivity contribution in [3.63, 3.8) is 0 Å². The van der Waals surface area contributed by atoms with Crippen LogP contribution in [-0.4, -0.2) is 6.54 Å². The van der Waals surface area contributed by atoms with Crippen LogP contribution in [0.15, 0.2) is 48.5 Å². The van der Waals surface area contributed by atoms with Crippen molar-refractivity contribution < 1.29 is 4.39 Å². The Balaban J connectivity index is 2.04. The molecule has 3 heteroatoms. The van der Waals surface area contributed by atoms with E-state index in [0.29, 0.717) is 0 Å². The second-order valence-electron chi connectivity index (χ2n) is 5.23. The number of hydrogen-bond acceptors (Lipinski definition) is 2. The standard InChI is InChI=1S/C18H18FNS/c1-3-20-18(13-6-4-12(2)5-7-13)17-10-14-8-9-15(19)11-16(14)21-17/h4-11,18,20H,3H2,1-2H3. The number of nitrogens with one attached hydrogen (secondary N) is 1. The monoisotopic (exact) mass is 299 g/mol. The number of fused-ring (bicyclic) bond motifs is 1. The van der Waals surface area contributed by atoms with Gasteiger partial charge in [-0.25, -0.2) is 4.39 Å². The number of thiophene rings is 1. The normalized spacial score (nSPS) is 12.7. The maximum Gasteiger partial charge on any atom is 0.124 e. The van der Waals surface area contributed by atoms with Gasteiger partial charge in [0, 0.05) is 9.58 Å². The van der Waals surface area contributed by atoms with Gasteiger partial charge in [0.25, 0.3) is 0 Å². The van der Waals surface area contributed by atoms with Gasteiger partial charge in [-0.2, -0.15) is 0 Å². The lowest BCUT2D eigenvalue weighted by atomic mass is 10.0. The molecule has 0 amide bonds. The molecular weight excluding hydrogens is 281 g/mol.